The zero-order valence-electron chi connectivity index (χ0n) is 12.0. The zero-order chi connectivity index (χ0) is 13.0. The molecule has 0 aromatic carbocycles. The summed E-state index contributed by atoms with van der Waals surface area (Å²) < 4.78 is 10.7. The minimum absolute atomic E-state index is 0.0934. The highest BCUT2D eigenvalue weighted by Gasteiger charge is 2.36. The van der Waals surface area contributed by atoms with E-state index in [4.69, 9.17) is 9.47 Å². The Labute approximate surface area is 111 Å². The first-order valence-corrected chi connectivity index (χ1v) is 7.32. The van der Waals surface area contributed by atoms with E-state index in [1.807, 2.05) is 0 Å². The Morgan fingerprint density at radius 2 is 1.78 bits per heavy atom. The first-order chi connectivity index (χ1) is 8.76. The number of methoxy groups -OCH3 is 2. The van der Waals surface area contributed by atoms with E-state index in [0.717, 1.165) is 25.2 Å². The number of nitrogens with one attached hydrogen (secondary N) is 1. The van der Waals surface area contributed by atoms with Gasteiger partial charge in [0.2, 0.25) is 0 Å². The molecule has 0 aliphatic carbocycles. The lowest BCUT2D eigenvalue weighted by Crippen LogP contribution is -2.50. The summed E-state index contributed by atoms with van der Waals surface area (Å²) in [4.78, 5) is 2.57. The van der Waals surface area contributed by atoms with Crippen LogP contribution in [0.15, 0.2) is 0 Å². The molecule has 1 N–H and O–H groups in total. The molecule has 2 saturated heterocycles. The molecule has 2 rings (SSSR count). The summed E-state index contributed by atoms with van der Waals surface area (Å²) in [5.74, 6) is 0. The van der Waals surface area contributed by atoms with E-state index in [0.29, 0.717) is 6.04 Å². The topological polar surface area (TPSA) is 33.7 Å². The number of ether oxygens (including phenoxy) is 2. The lowest BCUT2D eigenvalue weighted by molar-refractivity contribution is -0.122. The summed E-state index contributed by atoms with van der Waals surface area (Å²) in [6.45, 7) is 4.29. The highest BCUT2D eigenvalue weighted by Crippen LogP contribution is 2.30. The molecule has 4 heteroatoms. The highest BCUT2D eigenvalue weighted by atomic mass is 16.7. The fourth-order valence-electron chi connectivity index (χ4n) is 3.47. The van der Waals surface area contributed by atoms with Crippen LogP contribution in [0.3, 0.4) is 0 Å². The molecule has 2 atom stereocenters. The molecule has 2 bridgehead atoms. The van der Waals surface area contributed by atoms with Crippen molar-refractivity contribution in [1.29, 1.82) is 0 Å². The number of nitrogens with zero attached hydrogens (tertiary/aromatic N) is 1. The molecule has 2 unspecified atom stereocenters. The predicted molar refractivity (Wildman–Crippen MR) is 72.6 cm³/mol. The van der Waals surface area contributed by atoms with Gasteiger partial charge in [-0.2, -0.15) is 0 Å². The maximum Gasteiger partial charge on any atom is 0.169 e. The summed E-state index contributed by atoms with van der Waals surface area (Å²) in [5, 5.41) is 3.71. The molecule has 18 heavy (non-hydrogen) atoms. The lowest BCUT2D eigenvalue weighted by atomic mass is 9.98. The van der Waals surface area contributed by atoms with Gasteiger partial charge in [-0.25, -0.2) is 0 Å². The largest absolute Gasteiger partial charge is 0.355 e. The van der Waals surface area contributed by atoms with Crippen LogP contribution in [0.5, 0.6) is 0 Å². The molecular weight excluding hydrogens is 228 g/mol. The van der Waals surface area contributed by atoms with Gasteiger partial charge in [0.1, 0.15) is 0 Å². The van der Waals surface area contributed by atoms with Crippen LogP contribution in [-0.2, 0) is 9.47 Å². The highest BCUT2D eigenvalue weighted by molar-refractivity contribution is 4.95. The van der Waals surface area contributed by atoms with Crippen LogP contribution in [0, 0.1) is 0 Å². The number of hydrogen-bond donors (Lipinski definition) is 1. The van der Waals surface area contributed by atoms with Gasteiger partial charge in [0.25, 0.3) is 0 Å². The zero-order valence-corrected chi connectivity index (χ0v) is 12.0. The maximum atomic E-state index is 5.36. The second-order valence-electron chi connectivity index (χ2n) is 5.66. The normalized spacial score (nSPS) is 31.5. The van der Waals surface area contributed by atoms with Gasteiger partial charge in [0.15, 0.2) is 6.29 Å². The summed E-state index contributed by atoms with van der Waals surface area (Å²) in [7, 11) is 3.45. The summed E-state index contributed by atoms with van der Waals surface area (Å²) >= 11 is 0. The Morgan fingerprint density at radius 1 is 1.17 bits per heavy atom. The van der Waals surface area contributed by atoms with Crippen molar-refractivity contribution in [3.63, 3.8) is 0 Å². The van der Waals surface area contributed by atoms with E-state index < -0.39 is 0 Å². The SMILES string of the molecule is CCCN(CC(OC)OC)C1CC2CCC(C1)N2. The van der Waals surface area contributed by atoms with E-state index in [9.17, 15) is 0 Å². The Balaban J connectivity index is 1.91. The molecule has 2 heterocycles. The van der Waals surface area contributed by atoms with Crippen molar-refractivity contribution in [1.82, 2.24) is 10.2 Å². The maximum absolute atomic E-state index is 5.36. The second-order valence-corrected chi connectivity index (χ2v) is 5.66. The molecule has 4 nitrogen and oxygen atoms in total. The second kappa shape index (κ2) is 6.85. The van der Waals surface area contributed by atoms with Gasteiger partial charge >= 0.3 is 0 Å². The van der Waals surface area contributed by atoms with Crippen LogP contribution in [0.2, 0.25) is 0 Å². The molecule has 0 saturated carbocycles. The molecule has 0 amide bonds. The van der Waals surface area contributed by atoms with Crippen LogP contribution in [-0.4, -0.2) is 56.6 Å². The van der Waals surface area contributed by atoms with Crippen molar-refractivity contribution < 1.29 is 9.47 Å². The third-order valence-electron chi connectivity index (χ3n) is 4.38. The average molecular weight is 256 g/mol. The Bertz CT molecular complexity index is 234. The van der Waals surface area contributed by atoms with E-state index in [1.54, 1.807) is 14.2 Å². The number of rotatable bonds is 7. The van der Waals surface area contributed by atoms with Crippen molar-refractivity contribution in [2.45, 2.75) is 63.4 Å². The Morgan fingerprint density at radius 3 is 2.28 bits per heavy atom. The third kappa shape index (κ3) is 3.44. The van der Waals surface area contributed by atoms with Gasteiger partial charge in [-0.15, -0.1) is 0 Å². The minimum atomic E-state index is -0.0934. The van der Waals surface area contributed by atoms with Gasteiger partial charge in [0.05, 0.1) is 0 Å². The van der Waals surface area contributed by atoms with Crippen LogP contribution >= 0.6 is 0 Å². The van der Waals surface area contributed by atoms with Gasteiger partial charge in [-0.05, 0) is 38.6 Å². The monoisotopic (exact) mass is 256 g/mol. The molecule has 0 radical (unpaired) electrons. The van der Waals surface area contributed by atoms with Gasteiger partial charge in [-0.1, -0.05) is 6.92 Å². The standard InChI is InChI=1S/C14H28N2O2/c1-4-7-16(10-14(17-2)18-3)13-8-11-5-6-12(9-13)15-11/h11-15H,4-10H2,1-3H3. The molecule has 2 fully saturated rings. The van der Waals surface area contributed by atoms with E-state index in [1.165, 1.54) is 32.1 Å². The van der Waals surface area contributed by atoms with Crippen LogP contribution in [0.4, 0.5) is 0 Å². The predicted octanol–water partition coefficient (Wildman–Crippen LogP) is 1.60. The Hall–Kier alpha value is -0.160. The molecule has 0 aromatic heterocycles. The van der Waals surface area contributed by atoms with Gasteiger partial charge in [0, 0.05) is 38.9 Å². The molecule has 2 aliphatic rings. The minimum Gasteiger partial charge on any atom is -0.355 e. The third-order valence-corrected chi connectivity index (χ3v) is 4.38. The fourth-order valence-corrected chi connectivity index (χ4v) is 3.47. The van der Waals surface area contributed by atoms with Crippen molar-refractivity contribution >= 4 is 0 Å². The van der Waals surface area contributed by atoms with Crippen molar-refractivity contribution in [2.24, 2.45) is 0 Å². The fraction of sp³-hybridized carbons (Fsp3) is 1.00. The van der Waals surface area contributed by atoms with E-state index in [-0.39, 0.29) is 6.29 Å². The molecule has 2 aliphatic heterocycles. The summed E-state index contributed by atoms with van der Waals surface area (Å²) in [6.07, 6.45) is 6.40. The van der Waals surface area contributed by atoms with Gasteiger partial charge < -0.3 is 14.8 Å². The van der Waals surface area contributed by atoms with E-state index >= 15 is 0 Å². The lowest BCUT2D eigenvalue weighted by Gasteiger charge is -2.38. The first kappa shape index (κ1) is 14.3. The molecule has 106 valence electrons. The van der Waals surface area contributed by atoms with E-state index in [2.05, 4.69) is 17.1 Å². The smallest absolute Gasteiger partial charge is 0.169 e. The van der Waals surface area contributed by atoms with Crippen LogP contribution in [0.1, 0.15) is 39.0 Å². The summed E-state index contributed by atoms with van der Waals surface area (Å²) in [6, 6.07) is 2.20. The van der Waals surface area contributed by atoms with Crippen LogP contribution in [0.25, 0.3) is 0 Å². The molecule has 0 spiro atoms. The number of hydrogen-bond acceptors (Lipinski definition) is 4. The van der Waals surface area contributed by atoms with Gasteiger partial charge in [-0.3, -0.25) is 4.90 Å². The average Bonchev–Trinajstić information content (AvgIpc) is 2.73. The first-order valence-electron chi connectivity index (χ1n) is 7.32. The van der Waals surface area contributed by atoms with Crippen molar-refractivity contribution in [2.75, 3.05) is 27.3 Å². The quantitative estimate of drug-likeness (QED) is 0.702. The Kier molecular flexibility index (Phi) is 5.42. The number of piperidine rings is 1. The molecule has 0 aromatic rings. The van der Waals surface area contributed by atoms with Crippen molar-refractivity contribution in [3.05, 3.63) is 0 Å². The van der Waals surface area contributed by atoms with Crippen LogP contribution < -0.4 is 5.32 Å². The summed E-state index contributed by atoms with van der Waals surface area (Å²) in [5.41, 5.74) is 0. The molecular formula is C14H28N2O2. The number of fused-ring (bicyclic) bond motifs is 2. The van der Waals surface area contributed by atoms with Crippen molar-refractivity contribution in [3.8, 4) is 0 Å².